The number of esters is 1. The third-order valence-corrected chi connectivity index (χ3v) is 2.93. The van der Waals surface area contributed by atoms with Crippen LogP contribution in [0.25, 0.3) is 0 Å². The molecule has 118 valence electrons. The Kier molecular flexibility index (Phi) is 5.43. The van der Waals surface area contributed by atoms with Gasteiger partial charge in [0, 0.05) is 0 Å². The number of ether oxygens (including phenoxy) is 2. The lowest BCUT2D eigenvalue weighted by Crippen LogP contribution is -2.25. The smallest absolute Gasteiger partial charge is 0.309 e. The molecular formula is C18H28O3. The van der Waals surface area contributed by atoms with Gasteiger partial charge in [-0.05, 0) is 50.3 Å². The van der Waals surface area contributed by atoms with Crippen molar-refractivity contribution < 1.29 is 14.3 Å². The second-order valence-electron chi connectivity index (χ2n) is 7.43. The molecule has 0 fully saturated rings. The van der Waals surface area contributed by atoms with Crippen LogP contribution in [-0.2, 0) is 14.9 Å². The number of hydrogen-bond donors (Lipinski definition) is 0. The number of aryl methyl sites for hydroxylation is 1. The lowest BCUT2D eigenvalue weighted by atomic mass is 9.86. The topological polar surface area (TPSA) is 35.5 Å². The molecule has 0 spiro atoms. The Balaban J connectivity index is 2.68. The van der Waals surface area contributed by atoms with E-state index in [4.69, 9.17) is 9.47 Å². The van der Waals surface area contributed by atoms with Gasteiger partial charge in [-0.25, -0.2) is 0 Å². The minimum Gasteiger partial charge on any atom is -0.493 e. The Morgan fingerprint density at radius 2 is 1.71 bits per heavy atom. The fourth-order valence-electron chi connectivity index (χ4n) is 2.01. The van der Waals surface area contributed by atoms with Crippen LogP contribution in [0.4, 0.5) is 0 Å². The van der Waals surface area contributed by atoms with E-state index in [1.165, 1.54) is 0 Å². The lowest BCUT2D eigenvalue weighted by molar-refractivity contribution is -0.155. The predicted molar refractivity (Wildman–Crippen MR) is 85.8 cm³/mol. The first kappa shape index (κ1) is 17.5. The summed E-state index contributed by atoms with van der Waals surface area (Å²) in [4.78, 5) is 11.7. The van der Waals surface area contributed by atoms with Gasteiger partial charge in [0.1, 0.15) is 11.4 Å². The first-order valence-corrected chi connectivity index (χ1v) is 7.45. The maximum atomic E-state index is 11.7. The zero-order valence-corrected chi connectivity index (χ0v) is 14.4. The van der Waals surface area contributed by atoms with Crippen molar-refractivity contribution in [3.63, 3.8) is 0 Å². The van der Waals surface area contributed by atoms with E-state index in [0.717, 1.165) is 16.9 Å². The summed E-state index contributed by atoms with van der Waals surface area (Å²) in [5.41, 5.74) is 1.86. The van der Waals surface area contributed by atoms with Gasteiger partial charge in [-0.2, -0.15) is 0 Å². The van der Waals surface area contributed by atoms with Crippen LogP contribution in [-0.4, -0.2) is 18.2 Å². The summed E-state index contributed by atoms with van der Waals surface area (Å²) in [6.45, 7) is 14.4. The molecule has 0 aliphatic rings. The van der Waals surface area contributed by atoms with Crippen molar-refractivity contribution >= 4 is 5.97 Å². The average Bonchev–Trinajstić information content (AvgIpc) is 2.24. The molecule has 0 heterocycles. The molecule has 0 radical (unpaired) electrons. The van der Waals surface area contributed by atoms with E-state index in [-0.39, 0.29) is 17.8 Å². The van der Waals surface area contributed by atoms with Gasteiger partial charge in [0.2, 0.25) is 0 Å². The molecule has 0 aliphatic carbocycles. The third-order valence-electron chi connectivity index (χ3n) is 2.93. The fraction of sp³-hybridized carbons (Fsp3) is 0.611. The first-order valence-electron chi connectivity index (χ1n) is 7.45. The highest BCUT2D eigenvalue weighted by molar-refractivity contribution is 5.70. The van der Waals surface area contributed by atoms with Crippen molar-refractivity contribution in [3.05, 3.63) is 29.3 Å². The van der Waals surface area contributed by atoms with Crippen LogP contribution in [0.3, 0.4) is 0 Å². The molecule has 1 aromatic carbocycles. The Morgan fingerprint density at radius 3 is 2.24 bits per heavy atom. The zero-order valence-electron chi connectivity index (χ0n) is 14.4. The van der Waals surface area contributed by atoms with Crippen molar-refractivity contribution in [3.8, 4) is 5.75 Å². The van der Waals surface area contributed by atoms with Crippen molar-refractivity contribution in [2.45, 2.75) is 65.9 Å². The highest BCUT2D eigenvalue weighted by Crippen LogP contribution is 2.32. The summed E-state index contributed by atoms with van der Waals surface area (Å²) in [7, 11) is 0. The molecule has 3 heteroatoms. The van der Waals surface area contributed by atoms with Crippen molar-refractivity contribution in [2.24, 2.45) is 0 Å². The molecular weight excluding hydrogens is 264 g/mol. The molecule has 0 aromatic heterocycles. The van der Waals surface area contributed by atoms with Gasteiger partial charge >= 0.3 is 5.97 Å². The Labute approximate surface area is 128 Å². The average molecular weight is 292 g/mol. The van der Waals surface area contributed by atoms with Crippen LogP contribution in [0.15, 0.2) is 18.2 Å². The molecule has 1 rings (SSSR count). The standard InChI is InChI=1S/C18H28O3/c1-13-8-9-14(17(2,3)4)15(12-13)20-11-10-16(19)21-18(5,6)7/h8-9,12H,10-11H2,1-7H3. The molecule has 21 heavy (non-hydrogen) atoms. The van der Waals surface area contributed by atoms with Gasteiger partial charge in [0.05, 0.1) is 13.0 Å². The van der Waals surface area contributed by atoms with Gasteiger partial charge in [-0.15, -0.1) is 0 Å². The molecule has 0 bridgehead atoms. The van der Waals surface area contributed by atoms with Gasteiger partial charge in [-0.1, -0.05) is 32.9 Å². The minimum absolute atomic E-state index is 0.00888. The predicted octanol–water partition coefficient (Wildman–Crippen LogP) is 4.40. The molecule has 1 aromatic rings. The Bertz CT molecular complexity index is 490. The normalized spacial score (nSPS) is 12.1. The molecule has 0 atom stereocenters. The summed E-state index contributed by atoms with van der Waals surface area (Å²) < 4.78 is 11.1. The number of carbonyl (C=O) groups excluding carboxylic acids is 1. The fourth-order valence-corrected chi connectivity index (χ4v) is 2.01. The first-order chi connectivity index (χ1) is 9.49. The van der Waals surface area contributed by atoms with Crippen LogP contribution >= 0.6 is 0 Å². The molecule has 0 N–H and O–H groups in total. The monoisotopic (exact) mass is 292 g/mol. The molecule has 0 saturated carbocycles. The van der Waals surface area contributed by atoms with E-state index in [9.17, 15) is 4.79 Å². The minimum atomic E-state index is -0.447. The van der Waals surface area contributed by atoms with Gasteiger partial charge < -0.3 is 9.47 Å². The molecule has 0 saturated heterocycles. The van der Waals surface area contributed by atoms with Gasteiger partial charge in [-0.3, -0.25) is 4.79 Å². The summed E-state index contributed by atoms with van der Waals surface area (Å²) in [6, 6.07) is 6.20. The SMILES string of the molecule is Cc1ccc(C(C)(C)C)c(OCCC(=O)OC(C)(C)C)c1. The summed E-state index contributed by atoms with van der Waals surface area (Å²) in [5.74, 6) is 0.624. The van der Waals surface area contributed by atoms with Crippen LogP contribution in [0.2, 0.25) is 0 Å². The second-order valence-corrected chi connectivity index (χ2v) is 7.43. The highest BCUT2D eigenvalue weighted by Gasteiger charge is 2.20. The molecule has 0 unspecified atom stereocenters. The quantitative estimate of drug-likeness (QED) is 0.771. The summed E-state index contributed by atoms with van der Waals surface area (Å²) >= 11 is 0. The third kappa shape index (κ3) is 6.19. The largest absolute Gasteiger partial charge is 0.493 e. The van der Waals surface area contributed by atoms with Crippen LogP contribution in [0.1, 0.15) is 59.1 Å². The molecule has 3 nitrogen and oxygen atoms in total. The number of carbonyl (C=O) groups is 1. The zero-order chi connectivity index (χ0) is 16.3. The number of benzene rings is 1. The van der Waals surface area contributed by atoms with E-state index < -0.39 is 5.60 Å². The van der Waals surface area contributed by atoms with E-state index >= 15 is 0 Å². The van der Waals surface area contributed by atoms with E-state index in [1.807, 2.05) is 33.8 Å². The van der Waals surface area contributed by atoms with Gasteiger partial charge in [0.15, 0.2) is 0 Å². The maximum Gasteiger partial charge on any atom is 0.309 e. The van der Waals surface area contributed by atoms with E-state index in [1.54, 1.807) is 0 Å². The summed E-state index contributed by atoms with van der Waals surface area (Å²) in [6.07, 6.45) is 0.259. The highest BCUT2D eigenvalue weighted by atomic mass is 16.6. The molecule has 0 aliphatic heterocycles. The van der Waals surface area contributed by atoms with Crippen LogP contribution in [0, 0.1) is 6.92 Å². The maximum absolute atomic E-state index is 11.7. The second kappa shape index (κ2) is 6.50. The Morgan fingerprint density at radius 1 is 1.10 bits per heavy atom. The van der Waals surface area contributed by atoms with Crippen molar-refractivity contribution in [1.82, 2.24) is 0 Å². The van der Waals surface area contributed by atoms with E-state index in [2.05, 4.69) is 32.9 Å². The van der Waals surface area contributed by atoms with Crippen LogP contribution in [0.5, 0.6) is 5.75 Å². The summed E-state index contributed by atoms with van der Waals surface area (Å²) in [5, 5.41) is 0. The number of rotatable bonds is 4. The Hall–Kier alpha value is -1.51. The van der Waals surface area contributed by atoms with Crippen LogP contribution < -0.4 is 4.74 Å². The van der Waals surface area contributed by atoms with Crippen molar-refractivity contribution in [2.75, 3.05) is 6.61 Å². The molecule has 0 amide bonds. The van der Waals surface area contributed by atoms with Gasteiger partial charge in [0.25, 0.3) is 0 Å². The lowest BCUT2D eigenvalue weighted by Gasteiger charge is -2.23. The number of hydrogen-bond acceptors (Lipinski definition) is 3. The van der Waals surface area contributed by atoms with E-state index in [0.29, 0.717) is 6.61 Å². The van der Waals surface area contributed by atoms with Crippen molar-refractivity contribution in [1.29, 1.82) is 0 Å².